The third-order valence-electron chi connectivity index (χ3n) is 6.29. The molecule has 1 aromatic carbocycles. The molecular formula is C25H24ClF3N4O3S. The summed E-state index contributed by atoms with van der Waals surface area (Å²) in [5, 5.41) is 10.3. The second-order valence-electron chi connectivity index (χ2n) is 8.83. The maximum absolute atomic E-state index is 13.8. The first-order chi connectivity index (χ1) is 17.5. The van der Waals surface area contributed by atoms with Gasteiger partial charge in [-0.2, -0.15) is 13.2 Å². The maximum atomic E-state index is 13.8. The highest BCUT2D eigenvalue weighted by Gasteiger charge is 2.37. The predicted molar refractivity (Wildman–Crippen MR) is 137 cm³/mol. The summed E-state index contributed by atoms with van der Waals surface area (Å²) in [7, 11) is 1.36. The van der Waals surface area contributed by atoms with E-state index in [0.717, 1.165) is 18.0 Å². The number of pyridine rings is 2. The molecule has 1 aliphatic rings. The van der Waals surface area contributed by atoms with Gasteiger partial charge in [0.05, 0.1) is 23.8 Å². The van der Waals surface area contributed by atoms with Crippen LogP contribution in [0.2, 0.25) is 5.02 Å². The quantitative estimate of drug-likeness (QED) is 0.316. The van der Waals surface area contributed by atoms with Crippen LogP contribution in [0.15, 0.2) is 53.6 Å². The zero-order valence-electron chi connectivity index (χ0n) is 20.0. The number of benzene rings is 1. The molecule has 0 amide bonds. The number of aromatic nitrogens is 2. The number of rotatable bonds is 7. The van der Waals surface area contributed by atoms with Crippen LogP contribution in [0.1, 0.15) is 25.3 Å². The van der Waals surface area contributed by atoms with E-state index in [1.54, 1.807) is 13.0 Å². The van der Waals surface area contributed by atoms with E-state index >= 15 is 0 Å². The van der Waals surface area contributed by atoms with E-state index in [0.29, 0.717) is 36.8 Å². The minimum Gasteiger partial charge on any atom is -0.496 e. The van der Waals surface area contributed by atoms with Crippen LogP contribution in [0.4, 0.5) is 24.8 Å². The molecule has 7 nitrogen and oxygen atoms in total. The summed E-state index contributed by atoms with van der Waals surface area (Å²) in [4.78, 5) is 22.4. The van der Waals surface area contributed by atoms with Crippen molar-refractivity contribution >= 4 is 41.2 Å². The van der Waals surface area contributed by atoms with Crippen LogP contribution in [0.3, 0.4) is 0 Å². The number of nitrogens with zero attached hydrogens (tertiary/aromatic N) is 3. The highest BCUT2D eigenvalue weighted by molar-refractivity contribution is 8.00. The second kappa shape index (κ2) is 10.7. The van der Waals surface area contributed by atoms with Crippen molar-refractivity contribution < 1.29 is 27.8 Å². The summed E-state index contributed by atoms with van der Waals surface area (Å²) in [6, 6.07) is 12.0. The van der Waals surface area contributed by atoms with E-state index in [1.165, 1.54) is 31.4 Å². The molecule has 196 valence electrons. The minimum absolute atomic E-state index is 0.120. The number of carboxylic acids is 1. The van der Waals surface area contributed by atoms with Crippen molar-refractivity contribution in [2.24, 2.45) is 5.41 Å². The average Bonchev–Trinajstić information content (AvgIpc) is 2.87. The highest BCUT2D eigenvalue weighted by Crippen LogP contribution is 2.41. The number of nitrogens with one attached hydrogen (secondary N) is 1. The fraction of sp³-hybridized carbons (Fsp3) is 0.320. The Labute approximate surface area is 221 Å². The average molecular weight is 553 g/mol. The number of ether oxygens (including phenoxy) is 1. The van der Waals surface area contributed by atoms with Crippen LogP contribution in [-0.4, -0.2) is 41.2 Å². The van der Waals surface area contributed by atoms with Gasteiger partial charge in [-0.25, -0.2) is 9.97 Å². The lowest BCUT2D eigenvalue weighted by atomic mass is 9.80. The number of piperidine rings is 1. The molecule has 0 atom stereocenters. The van der Waals surface area contributed by atoms with Crippen molar-refractivity contribution in [3.05, 3.63) is 59.1 Å². The van der Waals surface area contributed by atoms with Gasteiger partial charge < -0.3 is 19.5 Å². The maximum Gasteiger partial charge on any atom is 0.418 e. The minimum atomic E-state index is -4.64. The number of alkyl halides is 3. The van der Waals surface area contributed by atoms with E-state index in [9.17, 15) is 23.1 Å². The molecule has 12 heteroatoms. The molecule has 2 aromatic heterocycles. The number of methoxy groups -OCH3 is 1. The molecule has 1 saturated heterocycles. The van der Waals surface area contributed by atoms with Crippen molar-refractivity contribution in [2.75, 3.05) is 29.8 Å². The first-order valence-electron chi connectivity index (χ1n) is 11.3. The van der Waals surface area contributed by atoms with Crippen molar-refractivity contribution in [1.29, 1.82) is 0 Å². The molecule has 3 aromatic rings. The summed E-state index contributed by atoms with van der Waals surface area (Å²) in [5.74, 6) is 0.302. The third kappa shape index (κ3) is 6.04. The summed E-state index contributed by atoms with van der Waals surface area (Å²) < 4.78 is 49.6. The summed E-state index contributed by atoms with van der Waals surface area (Å²) in [6.07, 6.45) is -3.63. The van der Waals surface area contributed by atoms with Gasteiger partial charge in [0.2, 0.25) is 0 Å². The van der Waals surface area contributed by atoms with Gasteiger partial charge in [0.15, 0.2) is 0 Å². The molecule has 0 spiro atoms. The van der Waals surface area contributed by atoms with Gasteiger partial charge in [0, 0.05) is 35.6 Å². The Kier molecular flexibility index (Phi) is 7.75. The Morgan fingerprint density at radius 1 is 1.16 bits per heavy atom. The van der Waals surface area contributed by atoms with Gasteiger partial charge in [0.25, 0.3) is 0 Å². The molecule has 0 bridgehead atoms. The van der Waals surface area contributed by atoms with Crippen molar-refractivity contribution in [3.63, 3.8) is 0 Å². The summed E-state index contributed by atoms with van der Waals surface area (Å²) in [6.45, 7) is 2.87. The zero-order chi connectivity index (χ0) is 26.8. The van der Waals surface area contributed by atoms with Crippen molar-refractivity contribution in [1.82, 2.24) is 9.97 Å². The van der Waals surface area contributed by atoms with E-state index in [4.69, 9.17) is 16.3 Å². The summed E-state index contributed by atoms with van der Waals surface area (Å²) in [5.41, 5.74) is -1.85. The van der Waals surface area contributed by atoms with Gasteiger partial charge in [0.1, 0.15) is 22.4 Å². The largest absolute Gasteiger partial charge is 0.496 e. The number of halogens is 4. The number of carbonyl (C=O) groups is 1. The second-order valence-corrected chi connectivity index (χ2v) is 10.1. The highest BCUT2D eigenvalue weighted by atomic mass is 35.5. The van der Waals surface area contributed by atoms with Crippen molar-refractivity contribution in [3.8, 4) is 17.0 Å². The molecule has 2 N–H and O–H groups in total. The predicted octanol–water partition coefficient (Wildman–Crippen LogP) is 6.63. The Morgan fingerprint density at radius 2 is 1.89 bits per heavy atom. The molecule has 0 aliphatic carbocycles. The van der Waals surface area contributed by atoms with Crippen LogP contribution in [0.5, 0.6) is 5.75 Å². The zero-order valence-corrected chi connectivity index (χ0v) is 21.5. The first-order valence-corrected chi connectivity index (χ1v) is 12.5. The lowest BCUT2D eigenvalue weighted by molar-refractivity contribution is -0.149. The summed E-state index contributed by atoms with van der Waals surface area (Å²) >= 11 is 7.16. The van der Waals surface area contributed by atoms with Gasteiger partial charge >= 0.3 is 12.1 Å². The van der Waals surface area contributed by atoms with Crippen molar-refractivity contribution in [2.45, 2.75) is 31.0 Å². The third-order valence-corrected chi connectivity index (χ3v) is 7.28. The molecule has 1 aliphatic heterocycles. The van der Waals surface area contributed by atoms with Crippen LogP contribution in [0, 0.1) is 5.41 Å². The van der Waals surface area contributed by atoms with E-state index < -0.39 is 23.1 Å². The van der Waals surface area contributed by atoms with Crippen LogP contribution in [-0.2, 0) is 11.0 Å². The lowest BCUT2D eigenvalue weighted by Crippen LogP contribution is -2.43. The Bertz CT molecular complexity index is 1300. The number of carboxylic acid groups (broad SMARTS) is 1. The molecule has 4 rings (SSSR count). The molecule has 1 fully saturated rings. The lowest BCUT2D eigenvalue weighted by Gasteiger charge is -2.37. The van der Waals surface area contributed by atoms with Gasteiger partial charge in [-0.05, 0) is 62.2 Å². The van der Waals surface area contributed by atoms with Crippen LogP contribution >= 0.6 is 23.5 Å². The van der Waals surface area contributed by atoms with Crippen LogP contribution in [0.25, 0.3) is 11.3 Å². The number of anilines is 2. The number of aliphatic carboxylic acids is 1. The Morgan fingerprint density at radius 3 is 2.54 bits per heavy atom. The van der Waals surface area contributed by atoms with Gasteiger partial charge in [-0.1, -0.05) is 17.7 Å². The standard InChI is InChI=1S/C25H24ClF3N4O3S/c1-24(23(34)35)10-12-33(13-11-24)20-4-3-5-21(31-20)37-32-19-9-7-17(25(27,28)29)22(30-19)16-14-15(26)6-8-18(16)36-2/h3-9,14H,10-13H2,1-2H3,(H,30,32)(H,34,35). The Balaban J connectivity index is 1.55. The van der Waals surface area contributed by atoms with Gasteiger partial charge in [-0.15, -0.1) is 0 Å². The fourth-order valence-electron chi connectivity index (χ4n) is 4.00. The molecule has 37 heavy (non-hydrogen) atoms. The molecular weight excluding hydrogens is 529 g/mol. The molecule has 0 unspecified atom stereocenters. The SMILES string of the molecule is COc1ccc(Cl)cc1-c1nc(NSc2cccc(N3CCC(C)(C(=O)O)CC3)n2)ccc1C(F)(F)F. The monoisotopic (exact) mass is 552 g/mol. The normalized spacial score (nSPS) is 15.4. The fourth-order valence-corrected chi connectivity index (χ4v) is 4.78. The van der Waals surface area contributed by atoms with Gasteiger partial charge in [-0.3, -0.25) is 4.79 Å². The smallest absolute Gasteiger partial charge is 0.418 e. The topological polar surface area (TPSA) is 87.6 Å². The van der Waals surface area contributed by atoms with E-state index in [1.807, 2.05) is 17.0 Å². The van der Waals surface area contributed by atoms with Crippen LogP contribution < -0.4 is 14.4 Å². The van der Waals surface area contributed by atoms with E-state index in [-0.39, 0.29) is 27.8 Å². The number of hydrogen-bond donors (Lipinski definition) is 2. The first kappa shape index (κ1) is 26.9. The molecule has 0 radical (unpaired) electrons. The molecule has 0 saturated carbocycles. The van der Waals surface area contributed by atoms with E-state index in [2.05, 4.69) is 14.7 Å². The Hall–Kier alpha value is -3.18. The molecule has 3 heterocycles. The number of hydrogen-bond acceptors (Lipinski definition) is 7.